The predicted octanol–water partition coefficient (Wildman–Crippen LogP) is 0.314. The molecule has 0 rings (SSSR count). The highest BCUT2D eigenvalue weighted by Crippen LogP contribution is 2.07. The van der Waals surface area contributed by atoms with Crippen LogP contribution in [-0.4, -0.2) is 43.4 Å². The molecule has 0 radical (unpaired) electrons. The summed E-state index contributed by atoms with van der Waals surface area (Å²) in [5.74, 6) is 0. The Morgan fingerprint density at radius 3 is 1.64 bits per heavy atom. The average molecular weight is 166 g/mol. The van der Waals surface area contributed by atoms with Crippen LogP contribution in [0.3, 0.4) is 0 Å². The van der Waals surface area contributed by atoms with Crippen LogP contribution in [0.1, 0.15) is 20.3 Å². The van der Waals surface area contributed by atoms with E-state index >= 15 is 0 Å². The standard InChI is InChI=1S/C5H14N2O4/c1-3-5(7(10)11)4(2)6(8)9/h4-5,8-11H,3H2,1-2H3. The summed E-state index contributed by atoms with van der Waals surface area (Å²) < 4.78 is 0. The van der Waals surface area contributed by atoms with Crippen LogP contribution in [0, 0.1) is 0 Å². The molecule has 0 aromatic heterocycles. The minimum atomic E-state index is -0.755. The largest absolute Gasteiger partial charge is 0.289 e. The summed E-state index contributed by atoms with van der Waals surface area (Å²) in [5.41, 5.74) is 0. The highest BCUT2D eigenvalue weighted by atomic mass is 16.8. The first kappa shape index (κ1) is 10.8. The zero-order valence-electron chi connectivity index (χ0n) is 6.55. The Morgan fingerprint density at radius 1 is 1.09 bits per heavy atom. The normalized spacial score (nSPS) is 17.5. The third kappa shape index (κ3) is 3.10. The fraction of sp³-hybridized carbons (Fsp3) is 1.00. The molecule has 2 unspecified atom stereocenters. The molecule has 0 aliphatic carbocycles. The second kappa shape index (κ2) is 4.60. The van der Waals surface area contributed by atoms with Crippen LogP contribution in [0.25, 0.3) is 0 Å². The summed E-state index contributed by atoms with van der Waals surface area (Å²) in [6, 6.07) is -1.47. The molecule has 11 heavy (non-hydrogen) atoms. The van der Waals surface area contributed by atoms with Gasteiger partial charge in [-0.25, -0.2) is 0 Å². The summed E-state index contributed by atoms with van der Waals surface area (Å²) in [4.78, 5) is 0. The van der Waals surface area contributed by atoms with Gasteiger partial charge in [0.1, 0.15) is 0 Å². The molecule has 0 saturated carbocycles. The SMILES string of the molecule is CCC(C(C)N(O)O)N(O)O. The lowest BCUT2D eigenvalue weighted by Crippen LogP contribution is -2.45. The van der Waals surface area contributed by atoms with Gasteiger partial charge in [-0.2, -0.15) is 0 Å². The fourth-order valence-electron chi connectivity index (χ4n) is 0.851. The number of nitrogens with zero attached hydrogens (tertiary/aromatic N) is 2. The Kier molecular flexibility index (Phi) is 4.50. The van der Waals surface area contributed by atoms with Gasteiger partial charge < -0.3 is 0 Å². The van der Waals surface area contributed by atoms with Crippen LogP contribution in [0.4, 0.5) is 0 Å². The number of hydroxylamine groups is 4. The maximum atomic E-state index is 8.57. The van der Waals surface area contributed by atoms with Gasteiger partial charge in [-0.05, 0) is 13.3 Å². The minimum absolute atomic E-state index is 0.0237. The maximum absolute atomic E-state index is 8.57. The molecular formula is C5H14N2O4. The molecule has 2 atom stereocenters. The lowest BCUT2D eigenvalue weighted by Gasteiger charge is -2.27. The molecule has 4 N–H and O–H groups in total. The van der Waals surface area contributed by atoms with Gasteiger partial charge in [0.05, 0.1) is 12.1 Å². The van der Waals surface area contributed by atoms with Crippen molar-refractivity contribution in [1.29, 1.82) is 0 Å². The zero-order valence-corrected chi connectivity index (χ0v) is 6.55. The predicted molar refractivity (Wildman–Crippen MR) is 34.4 cm³/mol. The topological polar surface area (TPSA) is 87.4 Å². The Bertz CT molecular complexity index is 109. The van der Waals surface area contributed by atoms with Crippen LogP contribution in [-0.2, 0) is 0 Å². The monoisotopic (exact) mass is 166 g/mol. The summed E-state index contributed by atoms with van der Waals surface area (Å²) in [5, 5.41) is 34.1. The van der Waals surface area contributed by atoms with Crippen LogP contribution >= 0.6 is 0 Å². The van der Waals surface area contributed by atoms with Gasteiger partial charge in [-0.15, -0.1) is 0 Å². The molecule has 68 valence electrons. The highest BCUT2D eigenvalue weighted by molar-refractivity contribution is 4.69. The molecule has 0 heterocycles. The van der Waals surface area contributed by atoms with Crippen molar-refractivity contribution in [1.82, 2.24) is 10.5 Å². The summed E-state index contributed by atoms with van der Waals surface area (Å²) in [7, 11) is 0. The molecule has 0 bridgehead atoms. The molecule has 0 aliphatic rings. The fourth-order valence-corrected chi connectivity index (χ4v) is 0.851. The van der Waals surface area contributed by atoms with Crippen molar-refractivity contribution in [3.8, 4) is 0 Å². The zero-order chi connectivity index (χ0) is 9.02. The van der Waals surface area contributed by atoms with Crippen LogP contribution < -0.4 is 0 Å². The summed E-state index contributed by atoms with van der Waals surface area (Å²) >= 11 is 0. The van der Waals surface area contributed by atoms with Gasteiger partial charge in [-0.3, -0.25) is 20.8 Å². The van der Waals surface area contributed by atoms with Crippen LogP contribution in [0.15, 0.2) is 0 Å². The van der Waals surface area contributed by atoms with Crippen LogP contribution in [0.2, 0.25) is 0 Å². The number of hydrogen-bond donors (Lipinski definition) is 4. The van der Waals surface area contributed by atoms with E-state index in [2.05, 4.69) is 0 Å². The van der Waals surface area contributed by atoms with Gasteiger partial charge in [-0.1, -0.05) is 17.4 Å². The average Bonchev–Trinajstić information content (AvgIpc) is 1.88. The van der Waals surface area contributed by atoms with E-state index in [1.165, 1.54) is 6.92 Å². The number of rotatable bonds is 4. The first-order valence-corrected chi connectivity index (χ1v) is 3.34. The summed E-state index contributed by atoms with van der Waals surface area (Å²) in [6.07, 6.45) is 0.395. The van der Waals surface area contributed by atoms with Gasteiger partial charge in [0.25, 0.3) is 0 Å². The summed E-state index contributed by atoms with van der Waals surface area (Å²) in [6.45, 7) is 3.15. The van der Waals surface area contributed by atoms with E-state index in [1.54, 1.807) is 6.92 Å². The Morgan fingerprint density at radius 2 is 1.55 bits per heavy atom. The highest BCUT2D eigenvalue weighted by Gasteiger charge is 2.24. The Labute approximate surface area is 64.7 Å². The second-order valence-corrected chi connectivity index (χ2v) is 2.36. The van der Waals surface area contributed by atoms with E-state index in [0.29, 0.717) is 6.42 Å². The van der Waals surface area contributed by atoms with Crippen LogP contribution in [0.5, 0.6) is 0 Å². The maximum Gasteiger partial charge on any atom is 0.0821 e. The second-order valence-electron chi connectivity index (χ2n) is 2.36. The van der Waals surface area contributed by atoms with E-state index < -0.39 is 12.1 Å². The molecule has 6 heteroatoms. The van der Waals surface area contributed by atoms with E-state index in [9.17, 15) is 0 Å². The lowest BCUT2D eigenvalue weighted by atomic mass is 10.1. The third-order valence-corrected chi connectivity index (χ3v) is 1.64. The quantitative estimate of drug-likeness (QED) is 0.450. The van der Waals surface area contributed by atoms with E-state index in [-0.39, 0.29) is 10.5 Å². The van der Waals surface area contributed by atoms with Crippen molar-refractivity contribution < 1.29 is 20.8 Å². The molecule has 0 aromatic rings. The van der Waals surface area contributed by atoms with Crippen molar-refractivity contribution in [2.24, 2.45) is 0 Å². The van der Waals surface area contributed by atoms with Crippen molar-refractivity contribution in [2.75, 3.05) is 0 Å². The van der Waals surface area contributed by atoms with E-state index in [4.69, 9.17) is 20.8 Å². The van der Waals surface area contributed by atoms with Gasteiger partial charge in [0.15, 0.2) is 0 Å². The molecule has 6 nitrogen and oxygen atoms in total. The van der Waals surface area contributed by atoms with E-state index in [1.807, 2.05) is 0 Å². The molecule has 0 fully saturated rings. The first-order chi connectivity index (χ1) is 5.00. The molecular weight excluding hydrogens is 152 g/mol. The van der Waals surface area contributed by atoms with Gasteiger partial charge >= 0.3 is 0 Å². The van der Waals surface area contributed by atoms with Gasteiger partial charge in [0.2, 0.25) is 0 Å². The molecule has 0 aromatic carbocycles. The Hall–Kier alpha value is -0.240. The first-order valence-electron chi connectivity index (χ1n) is 3.34. The van der Waals surface area contributed by atoms with Crippen molar-refractivity contribution in [3.05, 3.63) is 0 Å². The third-order valence-electron chi connectivity index (χ3n) is 1.64. The molecule has 0 spiro atoms. The van der Waals surface area contributed by atoms with Crippen molar-refractivity contribution >= 4 is 0 Å². The van der Waals surface area contributed by atoms with Crippen molar-refractivity contribution in [2.45, 2.75) is 32.4 Å². The Balaban J connectivity index is 4.02. The minimum Gasteiger partial charge on any atom is -0.289 e. The molecule has 0 aliphatic heterocycles. The van der Waals surface area contributed by atoms with E-state index in [0.717, 1.165) is 0 Å². The smallest absolute Gasteiger partial charge is 0.0821 e. The molecule has 0 saturated heterocycles. The lowest BCUT2D eigenvalue weighted by molar-refractivity contribution is -0.385. The van der Waals surface area contributed by atoms with Crippen molar-refractivity contribution in [3.63, 3.8) is 0 Å². The van der Waals surface area contributed by atoms with Gasteiger partial charge in [0, 0.05) is 0 Å². The molecule has 0 amide bonds. The number of hydrogen-bond acceptors (Lipinski definition) is 6.